The summed E-state index contributed by atoms with van der Waals surface area (Å²) in [6, 6.07) is 0. The lowest BCUT2D eigenvalue weighted by molar-refractivity contribution is -0.115. The number of carbonyl (C=O) groups is 1. The summed E-state index contributed by atoms with van der Waals surface area (Å²) in [5, 5.41) is 0.271. The quantitative estimate of drug-likeness (QED) is 0.394. The SMILES string of the molecule is C=C1C(=O)CCC/C1=C/C=C1\CCCC2(C)C1CCC2[C@H](C)CCS(=O)C(C)C.CC. The predicted molar refractivity (Wildman–Crippen MR) is 136 cm³/mol. The summed E-state index contributed by atoms with van der Waals surface area (Å²) in [6.45, 7) is 17.1. The average molecular weight is 447 g/mol. The van der Waals surface area contributed by atoms with E-state index in [2.05, 4.69) is 46.4 Å². The van der Waals surface area contributed by atoms with E-state index in [0.29, 0.717) is 23.7 Å². The fraction of sp³-hybridized carbons (Fsp3) is 0.750. The fourth-order valence-electron chi connectivity index (χ4n) is 6.27. The Labute approximate surface area is 194 Å². The van der Waals surface area contributed by atoms with Crippen LogP contribution in [0.4, 0.5) is 0 Å². The van der Waals surface area contributed by atoms with Gasteiger partial charge in [0.25, 0.3) is 0 Å². The minimum absolute atomic E-state index is 0.225. The van der Waals surface area contributed by atoms with Crippen molar-refractivity contribution in [2.75, 3.05) is 5.75 Å². The molecule has 3 heteroatoms. The molecule has 0 radical (unpaired) electrons. The van der Waals surface area contributed by atoms with E-state index >= 15 is 0 Å². The lowest BCUT2D eigenvalue weighted by Crippen LogP contribution is -2.36. The third kappa shape index (κ3) is 6.09. The first-order chi connectivity index (χ1) is 14.7. The number of allylic oxidation sites excluding steroid dienone is 5. The lowest BCUT2D eigenvalue weighted by Gasteiger charge is -2.44. The smallest absolute Gasteiger partial charge is 0.162 e. The predicted octanol–water partition coefficient (Wildman–Crippen LogP) is 7.57. The van der Waals surface area contributed by atoms with Crippen molar-refractivity contribution in [1.29, 1.82) is 0 Å². The molecule has 0 aromatic rings. The Balaban J connectivity index is 0.00000166. The van der Waals surface area contributed by atoms with Crippen LogP contribution in [0.25, 0.3) is 0 Å². The van der Waals surface area contributed by atoms with E-state index in [0.717, 1.165) is 42.1 Å². The van der Waals surface area contributed by atoms with Gasteiger partial charge in [0, 0.05) is 33.8 Å². The maximum absolute atomic E-state index is 12.2. The standard InChI is InChI=1S/C26H40O2S.C2H6/c1-18(2)29(28)17-15-19(3)23-13-14-24-22(9-7-16-26(23,24)5)12-11-21-8-6-10-25(27)20(21)4;1-2/h11-12,18-19,23-24H,4,6-10,13-17H2,1-3,5H3;1-2H3/b21-11-,22-12+;/t19-,23?,24?,26?,29?;/m1./s1. The molecule has 0 spiro atoms. The highest BCUT2D eigenvalue weighted by Crippen LogP contribution is 2.59. The third-order valence-corrected chi connectivity index (χ3v) is 9.79. The van der Waals surface area contributed by atoms with Gasteiger partial charge in [0.15, 0.2) is 5.78 Å². The molecule has 3 fully saturated rings. The molecule has 2 nitrogen and oxygen atoms in total. The zero-order chi connectivity index (χ0) is 23.2. The van der Waals surface area contributed by atoms with Crippen LogP contribution in [0.15, 0.2) is 35.5 Å². The summed E-state index contributed by atoms with van der Waals surface area (Å²) in [5.41, 5.74) is 3.86. The van der Waals surface area contributed by atoms with Crippen molar-refractivity contribution < 1.29 is 9.00 Å². The maximum atomic E-state index is 12.2. The topological polar surface area (TPSA) is 34.1 Å². The molecule has 176 valence electrons. The van der Waals surface area contributed by atoms with E-state index in [-0.39, 0.29) is 11.0 Å². The zero-order valence-corrected chi connectivity index (χ0v) is 21.8. The van der Waals surface area contributed by atoms with Crippen LogP contribution in [0, 0.1) is 23.2 Å². The number of ketones is 1. The zero-order valence-electron chi connectivity index (χ0n) is 21.0. The second-order valence-corrected chi connectivity index (χ2v) is 12.3. The van der Waals surface area contributed by atoms with Crippen molar-refractivity contribution in [3.05, 3.63) is 35.5 Å². The summed E-state index contributed by atoms with van der Waals surface area (Å²) in [5.74, 6) is 3.12. The molecular weight excluding hydrogens is 400 g/mol. The number of hydrogen-bond acceptors (Lipinski definition) is 2. The molecule has 0 heterocycles. The Bertz CT molecular complexity index is 729. The fourth-order valence-corrected chi connectivity index (χ4v) is 7.34. The van der Waals surface area contributed by atoms with Gasteiger partial charge in [0.2, 0.25) is 0 Å². The summed E-state index contributed by atoms with van der Waals surface area (Å²) < 4.78 is 12.2. The molecule has 0 N–H and O–H groups in total. The maximum Gasteiger partial charge on any atom is 0.162 e. The minimum atomic E-state index is -0.690. The molecular formula is C28H46O2S. The lowest BCUT2D eigenvalue weighted by atomic mass is 9.61. The Morgan fingerprint density at radius 3 is 2.48 bits per heavy atom. The second-order valence-electron chi connectivity index (χ2n) is 10.2. The Morgan fingerprint density at radius 2 is 1.81 bits per heavy atom. The minimum Gasteiger partial charge on any atom is -0.294 e. The number of Topliss-reactive ketones (excluding diaryl/α,β-unsaturated/α-hetero) is 1. The molecule has 3 saturated carbocycles. The first-order valence-corrected chi connectivity index (χ1v) is 14.1. The van der Waals surface area contributed by atoms with Gasteiger partial charge in [-0.2, -0.15) is 0 Å². The first-order valence-electron chi connectivity index (χ1n) is 12.7. The molecule has 0 aromatic carbocycles. The molecule has 3 rings (SSSR count). The van der Waals surface area contributed by atoms with Gasteiger partial charge in [0.1, 0.15) is 0 Å². The Hall–Kier alpha value is -0.960. The van der Waals surface area contributed by atoms with Gasteiger partial charge in [-0.1, -0.05) is 65.8 Å². The molecule has 31 heavy (non-hydrogen) atoms. The molecule has 5 atom stereocenters. The third-order valence-electron chi connectivity index (χ3n) is 8.10. The van der Waals surface area contributed by atoms with Crippen molar-refractivity contribution in [3.8, 4) is 0 Å². The summed E-state index contributed by atoms with van der Waals surface area (Å²) in [6.07, 6.45) is 14.6. The van der Waals surface area contributed by atoms with Crippen LogP contribution in [-0.4, -0.2) is 21.0 Å². The highest BCUT2D eigenvalue weighted by Gasteiger charge is 2.50. The molecule has 0 aromatic heterocycles. The van der Waals surface area contributed by atoms with Gasteiger partial charge in [-0.05, 0) is 80.1 Å². The number of hydrogen-bond donors (Lipinski definition) is 0. The van der Waals surface area contributed by atoms with Crippen LogP contribution in [0.1, 0.15) is 99.3 Å². The molecule has 0 amide bonds. The molecule has 4 unspecified atom stereocenters. The highest BCUT2D eigenvalue weighted by atomic mass is 32.2. The summed E-state index contributed by atoms with van der Waals surface area (Å²) >= 11 is 0. The normalized spacial score (nSPS) is 33.3. The molecule has 0 aliphatic heterocycles. The van der Waals surface area contributed by atoms with Gasteiger partial charge < -0.3 is 0 Å². The van der Waals surface area contributed by atoms with Crippen molar-refractivity contribution in [2.24, 2.45) is 23.2 Å². The van der Waals surface area contributed by atoms with Crippen LogP contribution in [0.3, 0.4) is 0 Å². The van der Waals surface area contributed by atoms with E-state index in [1.54, 1.807) is 5.57 Å². The molecule has 3 aliphatic rings. The molecule has 0 bridgehead atoms. The Morgan fingerprint density at radius 1 is 1.10 bits per heavy atom. The number of carbonyl (C=O) groups excluding carboxylic acids is 1. The van der Waals surface area contributed by atoms with Crippen LogP contribution in [0.2, 0.25) is 0 Å². The number of rotatable bonds is 6. The van der Waals surface area contributed by atoms with E-state index in [9.17, 15) is 9.00 Å². The van der Waals surface area contributed by atoms with E-state index in [1.807, 2.05) is 13.8 Å². The number of fused-ring (bicyclic) bond motifs is 1. The van der Waals surface area contributed by atoms with Crippen LogP contribution >= 0.6 is 0 Å². The van der Waals surface area contributed by atoms with Gasteiger partial charge in [-0.3, -0.25) is 9.00 Å². The second kappa shape index (κ2) is 11.8. The summed E-state index contributed by atoms with van der Waals surface area (Å²) in [7, 11) is -0.690. The van der Waals surface area contributed by atoms with Crippen molar-refractivity contribution in [3.63, 3.8) is 0 Å². The first kappa shape index (κ1) is 26.3. The highest BCUT2D eigenvalue weighted by molar-refractivity contribution is 7.85. The van der Waals surface area contributed by atoms with E-state index < -0.39 is 10.8 Å². The van der Waals surface area contributed by atoms with E-state index in [1.165, 1.54) is 32.1 Å². The monoisotopic (exact) mass is 446 g/mol. The van der Waals surface area contributed by atoms with Crippen molar-refractivity contribution in [2.45, 2.75) is 105 Å². The average Bonchev–Trinajstić information content (AvgIpc) is 3.11. The van der Waals surface area contributed by atoms with E-state index in [4.69, 9.17) is 0 Å². The van der Waals surface area contributed by atoms with Gasteiger partial charge in [-0.15, -0.1) is 0 Å². The Kier molecular flexibility index (Phi) is 9.98. The van der Waals surface area contributed by atoms with Gasteiger partial charge >= 0.3 is 0 Å². The molecule has 3 aliphatic carbocycles. The van der Waals surface area contributed by atoms with Crippen molar-refractivity contribution >= 4 is 16.6 Å². The molecule has 0 saturated heterocycles. The van der Waals surface area contributed by atoms with Gasteiger partial charge in [0.05, 0.1) is 0 Å². The van der Waals surface area contributed by atoms with Gasteiger partial charge in [-0.25, -0.2) is 0 Å². The van der Waals surface area contributed by atoms with Crippen LogP contribution in [-0.2, 0) is 15.6 Å². The van der Waals surface area contributed by atoms with Crippen LogP contribution < -0.4 is 0 Å². The van der Waals surface area contributed by atoms with Crippen molar-refractivity contribution in [1.82, 2.24) is 0 Å². The van der Waals surface area contributed by atoms with Crippen LogP contribution in [0.5, 0.6) is 0 Å². The summed E-state index contributed by atoms with van der Waals surface area (Å²) in [4.78, 5) is 12.0. The largest absolute Gasteiger partial charge is 0.294 e.